The van der Waals surface area contributed by atoms with Crippen LogP contribution in [0.25, 0.3) is 11.2 Å². The minimum atomic E-state index is -0.253. The summed E-state index contributed by atoms with van der Waals surface area (Å²) in [6, 6.07) is 0. The van der Waals surface area contributed by atoms with Crippen molar-refractivity contribution in [2.45, 2.75) is 12.3 Å². The molecular formula is C11H15N5O3. The van der Waals surface area contributed by atoms with E-state index in [4.69, 9.17) is 15.2 Å². The first kappa shape index (κ1) is 12.3. The van der Waals surface area contributed by atoms with Gasteiger partial charge in [0.2, 0.25) is 0 Å². The number of rotatable bonds is 4. The van der Waals surface area contributed by atoms with Crippen LogP contribution in [-0.2, 0) is 9.47 Å². The molecule has 2 aromatic heterocycles. The average Bonchev–Trinajstić information content (AvgIpc) is 2.81. The number of nitrogen functional groups attached to an aromatic ring is 1. The molecule has 1 fully saturated rings. The summed E-state index contributed by atoms with van der Waals surface area (Å²) in [6.45, 7) is 0.463. The van der Waals surface area contributed by atoms with Crippen molar-refractivity contribution in [1.82, 2.24) is 19.5 Å². The van der Waals surface area contributed by atoms with Crippen molar-refractivity contribution in [2.75, 3.05) is 26.1 Å². The lowest BCUT2D eigenvalue weighted by molar-refractivity contribution is -0.245. The van der Waals surface area contributed by atoms with Crippen molar-refractivity contribution in [1.29, 1.82) is 0 Å². The maximum absolute atomic E-state index is 9.20. The predicted octanol–water partition coefficient (Wildman–Crippen LogP) is -0.439. The Balaban J connectivity index is 1.94. The summed E-state index contributed by atoms with van der Waals surface area (Å²) >= 11 is 0. The normalized spacial score (nSPS) is 26.5. The zero-order valence-corrected chi connectivity index (χ0v) is 10.4. The van der Waals surface area contributed by atoms with E-state index in [0.29, 0.717) is 23.6 Å². The summed E-state index contributed by atoms with van der Waals surface area (Å²) in [5, 5.41) is 9.20. The first-order valence-electron chi connectivity index (χ1n) is 5.94. The summed E-state index contributed by atoms with van der Waals surface area (Å²) in [5.41, 5.74) is 6.91. The molecule has 0 aliphatic carbocycles. The molecule has 0 aromatic carbocycles. The van der Waals surface area contributed by atoms with Crippen LogP contribution >= 0.6 is 0 Å². The molecule has 3 rings (SSSR count). The summed E-state index contributed by atoms with van der Waals surface area (Å²) in [4.78, 5) is 12.3. The molecule has 102 valence electrons. The van der Waals surface area contributed by atoms with E-state index >= 15 is 0 Å². The number of ether oxygens (including phenoxy) is 2. The molecular weight excluding hydrogens is 250 g/mol. The molecule has 0 spiro atoms. The van der Waals surface area contributed by atoms with E-state index in [9.17, 15) is 5.11 Å². The third-order valence-corrected chi connectivity index (χ3v) is 3.36. The Hall–Kier alpha value is -1.77. The molecule has 1 aliphatic heterocycles. The van der Waals surface area contributed by atoms with Gasteiger partial charge >= 0.3 is 0 Å². The third-order valence-electron chi connectivity index (χ3n) is 3.36. The number of aromatic nitrogens is 4. The van der Waals surface area contributed by atoms with Crippen LogP contribution in [0.5, 0.6) is 0 Å². The lowest BCUT2D eigenvalue weighted by Gasteiger charge is -2.43. The standard InChI is InChI=1S/C11H15N5O3/c1-18-3-6-7(2-17)19-11(6)16-5-15-8-9(12)13-4-14-10(8)16/h4-7,11,17H,2-3H2,1H3,(H2,12,13,14). The van der Waals surface area contributed by atoms with Crippen LogP contribution in [0.2, 0.25) is 0 Å². The van der Waals surface area contributed by atoms with Gasteiger partial charge < -0.3 is 20.3 Å². The smallest absolute Gasteiger partial charge is 0.167 e. The van der Waals surface area contributed by atoms with E-state index in [1.54, 1.807) is 18.0 Å². The van der Waals surface area contributed by atoms with Gasteiger partial charge in [0.15, 0.2) is 11.5 Å². The van der Waals surface area contributed by atoms with Crippen molar-refractivity contribution < 1.29 is 14.6 Å². The Bertz CT molecular complexity index is 587. The number of anilines is 1. The number of hydrogen-bond acceptors (Lipinski definition) is 7. The third kappa shape index (κ3) is 1.84. The molecule has 1 saturated heterocycles. The molecule has 0 amide bonds. The van der Waals surface area contributed by atoms with Crippen LogP contribution in [0, 0.1) is 5.92 Å². The number of fused-ring (bicyclic) bond motifs is 1. The van der Waals surface area contributed by atoms with Crippen molar-refractivity contribution in [3.05, 3.63) is 12.7 Å². The van der Waals surface area contributed by atoms with E-state index in [-0.39, 0.29) is 24.9 Å². The zero-order valence-electron chi connectivity index (χ0n) is 10.4. The van der Waals surface area contributed by atoms with Crippen LogP contribution in [0.3, 0.4) is 0 Å². The molecule has 3 unspecified atom stereocenters. The molecule has 8 nitrogen and oxygen atoms in total. The highest BCUT2D eigenvalue weighted by molar-refractivity contribution is 5.81. The maximum Gasteiger partial charge on any atom is 0.167 e. The molecule has 3 atom stereocenters. The van der Waals surface area contributed by atoms with E-state index in [2.05, 4.69) is 15.0 Å². The van der Waals surface area contributed by atoms with Gasteiger partial charge in [-0.05, 0) is 0 Å². The number of nitrogens with zero attached hydrogens (tertiary/aromatic N) is 4. The van der Waals surface area contributed by atoms with Gasteiger partial charge in [-0.25, -0.2) is 15.0 Å². The molecule has 3 N–H and O–H groups in total. The van der Waals surface area contributed by atoms with E-state index < -0.39 is 0 Å². The van der Waals surface area contributed by atoms with Gasteiger partial charge in [0.25, 0.3) is 0 Å². The Morgan fingerprint density at radius 2 is 2.32 bits per heavy atom. The minimum absolute atomic E-state index is 0.0335. The highest BCUT2D eigenvalue weighted by Crippen LogP contribution is 2.38. The fourth-order valence-corrected chi connectivity index (χ4v) is 2.36. The second kappa shape index (κ2) is 4.72. The van der Waals surface area contributed by atoms with Gasteiger partial charge in [0.1, 0.15) is 18.1 Å². The highest BCUT2D eigenvalue weighted by atomic mass is 16.6. The molecule has 0 saturated carbocycles. The van der Waals surface area contributed by atoms with Crippen molar-refractivity contribution in [2.24, 2.45) is 5.92 Å². The number of methoxy groups -OCH3 is 1. The monoisotopic (exact) mass is 265 g/mol. The molecule has 1 aliphatic rings. The summed E-state index contributed by atoms with van der Waals surface area (Å²) < 4.78 is 12.6. The Morgan fingerprint density at radius 3 is 3.05 bits per heavy atom. The lowest BCUT2D eigenvalue weighted by atomic mass is 9.95. The Morgan fingerprint density at radius 1 is 1.47 bits per heavy atom. The first-order valence-corrected chi connectivity index (χ1v) is 5.94. The molecule has 3 heterocycles. The van der Waals surface area contributed by atoms with Crippen LogP contribution < -0.4 is 5.73 Å². The zero-order chi connectivity index (χ0) is 13.4. The van der Waals surface area contributed by atoms with Crippen LogP contribution in [0.4, 0.5) is 5.82 Å². The predicted molar refractivity (Wildman–Crippen MR) is 66.1 cm³/mol. The van der Waals surface area contributed by atoms with Crippen molar-refractivity contribution >= 4 is 17.0 Å². The second-order valence-electron chi connectivity index (χ2n) is 4.45. The second-order valence-corrected chi connectivity index (χ2v) is 4.45. The molecule has 2 aromatic rings. The van der Waals surface area contributed by atoms with Crippen LogP contribution in [0.15, 0.2) is 12.7 Å². The quantitative estimate of drug-likeness (QED) is 0.771. The van der Waals surface area contributed by atoms with E-state index in [1.807, 2.05) is 0 Å². The Kier molecular flexibility index (Phi) is 3.05. The fraction of sp³-hybridized carbons (Fsp3) is 0.545. The van der Waals surface area contributed by atoms with E-state index in [1.165, 1.54) is 6.33 Å². The van der Waals surface area contributed by atoms with Crippen LogP contribution in [-0.4, -0.2) is 51.1 Å². The van der Waals surface area contributed by atoms with Gasteiger partial charge in [-0.1, -0.05) is 0 Å². The van der Waals surface area contributed by atoms with E-state index in [0.717, 1.165) is 0 Å². The highest BCUT2D eigenvalue weighted by Gasteiger charge is 2.43. The number of aliphatic hydroxyl groups is 1. The number of aliphatic hydroxyl groups excluding tert-OH is 1. The number of hydrogen-bond donors (Lipinski definition) is 2. The molecule has 8 heteroatoms. The summed E-state index contributed by atoms with van der Waals surface area (Å²) in [5.74, 6) is 0.397. The summed E-state index contributed by atoms with van der Waals surface area (Å²) in [6.07, 6.45) is 2.54. The molecule has 0 bridgehead atoms. The first-order chi connectivity index (χ1) is 9.26. The van der Waals surface area contributed by atoms with Crippen molar-refractivity contribution in [3.8, 4) is 0 Å². The largest absolute Gasteiger partial charge is 0.394 e. The molecule has 0 radical (unpaired) electrons. The maximum atomic E-state index is 9.20. The average molecular weight is 265 g/mol. The summed E-state index contributed by atoms with van der Waals surface area (Å²) in [7, 11) is 1.62. The SMILES string of the molecule is COCC1C(CO)OC1n1cnc2c(N)ncnc21. The number of nitrogens with two attached hydrogens (primary N) is 1. The minimum Gasteiger partial charge on any atom is -0.394 e. The molecule has 19 heavy (non-hydrogen) atoms. The van der Waals surface area contributed by atoms with Crippen molar-refractivity contribution in [3.63, 3.8) is 0 Å². The Labute approximate surface area is 109 Å². The lowest BCUT2D eigenvalue weighted by Crippen LogP contribution is -2.49. The van der Waals surface area contributed by atoms with Gasteiger partial charge in [0, 0.05) is 7.11 Å². The topological polar surface area (TPSA) is 108 Å². The van der Waals surface area contributed by atoms with Gasteiger partial charge in [-0.15, -0.1) is 0 Å². The number of imidazole rings is 1. The van der Waals surface area contributed by atoms with Gasteiger partial charge in [0.05, 0.1) is 31.6 Å². The fourth-order valence-electron chi connectivity index (χ4n) is 2.36. The van der Waals surface area contributed by atoms with Gasteiger partial charge in [-0.3, -0.25) is 4.57 Å². The van der Waals surface area contributed by atoms with Gasteiger partial charge in [-0.2, -0.15) is 0 Å². The van der Waals surface area contributed by atoms with Crippen LogP contribution in [0.1, 0.15) is 6.23 Å².